The van der Waals surface area contributed by atoms with E-state index < -0.39 is 0 Å². The van der Waals surface area contributed by atoms with Gasteiger partial charge in [0, 0.05) is 12.2 Å². The van der Waals surface area contributed by atoms with E-state index in [-0.39, 0.29) is 11.7 Å². The second-order valence-electron chi connectivity index (χ2n) is 6.95. The molecule has 0 aliphatic carbocycles. The fourth-order valence-electron chi connectivity index (χ4n) is 3.17. The first-order chi connectivity index (χ1) is 14.0. The molecule has 0 radical (unpaired) electrons. The number of carbonyl (C=O) groups is 1. The summed E-state index contributed by atoms with van der Waals surface area (Å²) in [7, 11) is 0. The Morgan fingerprint density at radius 2 is 1.79 bits per heavy atom. The highest BCUT2D eigenvalue weighted by Crippen LogP contribution is 2.15. The van der Waals surface area contributed by atoms with Crippen LogP contribution in [0.1, 0.15) is 40.2 Å². The summed E-state index contributed by atoms with van der Waals surface area (Å²) in [5, 5.41) is 7.50. The lowest BCUT2D eigenvalue weighted by atomic mass is 10.1. The number of carbonyl (C=O) groups excluding carboxylic acids is 1. The van der Waals surface area contributed by atoms with Crippen LogP contribution in [-0.4, -0.2) is 28.8 Å². The van der Waals surface area contributed by atoms with Gasteiger partial charge in [-0.15, -0.1) is 0 Å². The van der Waals surface area contributed by atoms with Crippen molar-refractivity contribution in [2.75, 3.05) is 13.2 Å². The zero-order valence-electron chi connectivity index (χ0n) is 16.8. The van der Waals surface area contributed by atoms with Gasteiger partial charge < -0.3 is 10.1 Å². The molecule has 6 heteroatoms. The minimum atomic E-state index is -0.280. The Balaban J connectivity index is 1.45. The molecule has 0 saturated heterocycles. The van der Waals surface area contributed by atoms with Gasteiger partial charge in [-0.3, -0.25) is 9.48 Å². The van der Waals surface area contributed by atoms with Crippen molar-refractivity contribution in [3.05, 3.63) is 82.9 Å². The summed E-state index contributed by atoms with van der Waals surface area (Å²) in [6.07, 6.45) is 1.59. The van der Waals surface area contributed by atoms with E-state index in [1.54, 1.807) is 12.1 Å². The number of amides is 1. The maximum atomic E-state index is 12.9. The van der Waals surface area contributed by atoms with Crippen molar-refractivity contribution in [3.63, 3.8) is 0 Å². The van der Waals surface area contributed by atoms with Crippen LogP contribution in [0.5, 0.6) is 5.75 Å². The molecule has 3 rings (SSSR count). The molecule has 1 aromatic heterocycles. The summed E-state index contributed by atoms with van der Waals surface area (Å²) in [6, 6.07) is 16.0. The number of aryl methyl sites for hydroxylation is 1. The molecule has 1 N–H and O–H groups in total. The first kappa shape index (κ1) is 20.6. The molecule has 29 heavy (non-hydrogen) atoms. The highest BCUT2D eigenvalue weighted by Gasteiger charge is 2.18. The quantitative estimate of drug-likeness (QED) is 0.550. The van der Waals surface area contributed by atoms with Crippen molar-refractivity contribution < 1.29 is 13.9 Å². The predicted molar refractivity (Wildman–Crippen MR) is 111 cm³/mol. The first-order valence-corrected chi connectivity index (χ1v) is 9.79. The Labute approximate surface area is 170 Å². The van der Waals surface area contributed by atoms with Gasteiger partial charge in [-0.05, 0) is 56.5 Å². The Kier molecular flexibility index (Phi) is 7.00. The zero-order valence-corrected chi connectivity index (χ0v) is 16.8. The van der Waals surface area contributed by atoms with Crippen molar-refractivity contribution in [3.8, 4) is 5.75 Å². The summed E-state index contributed by atoms with van der Waals surface area (Å²) in [5.74, 6) is 0.268. The number of aromatic nitrogens is 2. The van der Waals surface area contributed by atoms with Gasteiger partial charge in [-0.25, -0.2) is 4.39 Å². The normalized spacial score (nSPS) is 10.7. The highest BCUT2D eigenvalue weighted by molar-refractivity contribution is 5.96. The van der Waals surface area contributed by atoms with Gasteiger partial charge in [-0.2, -0.15) is 5.10 Å². The number of hydrogen-bond donors (Lipinski definition) is 1. The third-order valence-electron chi connectivity index (χ3n) is 4.72. The van der Waals surface area contributed by atoms with E-state index in [2.05, 4.69) is 10.4 Å². The number of rotatable bonds is 9. The summed E-state index contributed by atoms with van der Waals surface area (Å²) >= 11 is 0. The molecule has 3 aromatic rings. The van der Waals surface area contributed by atoms with Gasteiger partial charge in [0.05, 0.1) is 24.4 Å². The number of benzene rings is 2. The summed E-state index contributed by atoms with van der Waals surface area (Å²) in [5.41, 5.74) is 3.38. The third kappa shape index (κ3) is 5.67. The van der Waals surface area contributed by atoms with E-state index in [0.29, 0.717) is 31.0 Å². The molecule has 0 aliphatic heterocycles. The number of hydrogen-bond acceptors (Lipinski definition) is 3. The Bertz CT molecular complexity index is 937. The van der Waals surface area contributed by atoms with Crippen LogP contribution in [0, 0.1) is 19.7 Å². The number of nitrogens with zero attached hydrogens (tertiary/aromatic N) is 2. The first-order valence-electron chi connectivity index (χ1n) is 9.79. The Morgan fingerprint density at radius 1 is 1.07 bits per heavy atom. The summed E-state index contributed by atoms with van der Waals surface area (Å²) in [4.78, 5) is 12.6. The van der Waals surface area contributed by atoms with E-state index >= 15 is 0 Å². The van der Waals surface area contributed by atoms with Crippen molar-refractivity contribution in [1.29, 1.82) is 0 Å². The highest BCUT2D eigenvalue weighted by atomic mass is 19.1. The summed E-state index contributed by atoms with van der Waals surface area (Å²) < 4.78 is 20.3. The number of ether oxygens (including phenoxy) is 1. The van der Waals surface area contributed by atoms with Crippen LogP contribution < -0.4 is 10.1 Å². The van der Waals surface area contributed by atoms with Crippen LogP contribution in [0.3, 0.4) is 0 Å². The average molecular weight is 395 g/mol. The maximum absolute atomic E-state index is 12.9. The Morgan fingerprint density at radius 3 is 2.52 bits per heavy atom. The lowest BCUT2D eigenvalue weighted by molar-refractivity contribution is 0.0951. The molecule has 0 saturated carbocycles. The molecule has 0 aliphatic rings. The largest absolute Gasteiger partial charge is 0.494 e. The molecule has 1 amide bonds. The number of halogens is 1. The van der Waals surface area contributed by atoms with Crippen molar-refractivity contribution in [1.82, 2.24) is 15.1 Å². The molecule has 1 heterocycles. The molecule has 0 spiro atoms. The monoisotopic (exact) mass is 395 g/mol. The second kappa shape index (κ2) is 9.87. The van der Waals surface area contributed by atoms with E-state index in [0.717, 1.165) is 29.8 Å². The van der Waals surface area contributed by atoms with Crippen LogP contribution in [0.4, 0.5) is 4.39 Å². The van der Waals surface area contributed by atoms with E-state index in [4.69, 9.17) is 4.74 Å². The molecule has 5 nitrogen and oxygen atoms in total. The van der Waals surface area contributed by atoms with Gasteiger partial charge >= 0.3 is 0 Å². The van der Waals surface area contributed by atoms with E-state index in [9.17, 15) is 9.18 Å². The van der Waals surface area contributed by atoms with Crippen molar-refractivity contribution >= 4 is 5.91 Å². The van der Waals surface area contributed by atoms with E-state index in [1.165, 1.54) is 12.1 Å². The van der Waals surface area contributed by atoms with Gasteiger partial charge in [0.25, 0.3) is 5.91 Å². The molecular formula is C23H26FN3O2. The average Bonchev–Trinajstić information content (AvgIpc) is 2.99. The van der Waals surface area contributed by atoms with Crippen LogP contribution in [0.2, 0.25) is 0 Å². The topological polar surface area (TPSA) is 56.2 Å². The van der Waals surface area contributed by atoms with Gasteiger partial charge in [0.1, 0.15) is 11.6 Å². The fraction of sp³-hybridized carbons (Fsp3) is 0.304. The number of nitrogens with one attached hydrogen (secondary N) is 1. The molecular weight excluding hydrogens is 369 g/mol. The van der Waals surface area contributed by atoms with Gasteiger partial charge in [0.15, 0.2) is 0 Å². The maximum Gasteiger partial charge on any atom is 0.255 e. The molecule has 0 fully saturated rings. The zero-order chi connectivity index (χ0) is 20.6. The standard InChI is InChI=1S/C23H26FN3O2/c1-17-22(18(2)27(26-17)16-19-8-4-3-5-9-19)23(28)25-14-6-7-15-29-21-12-10-20(24)11-13-21/h3-5,8-13H,6-7,14-16H2,1-2H3,(H,25,28). The van der Waals surface area contributed by atoms with Crippen molar-refractivity contribution in [2.45, 2.75) is 33.2 Å². The molecule has 152 valence electrons. The molecule has 0 unspecified atom stereocenters. The second-order valence-corrected chi connectivity index (χ2v) is 6.95. The smallest absolute Gasteiger partial charge is 0.255 e. The SMILES string of the molecule is Cc1nn(Cc2ccccc2)c(C)c1C(=O)NCCCCOc1ccc(F)cc1. The van der Waals surface area contributed by atoms with Crippen LogP contribution >= 0.6 is 0 Å². The lowest BCUT2D eigenvalue weighted by Gasteiger charge is -2.08. The molecule has 0 atom stereocenters. The van der Waals surface area contributed by atoms with Gasteiger partial charge in [0.2, 0.25) is 0 Å². The van der Waals surface area contributed by atoms with Gasteiger partial charge in [-0.1, -0.05) is 30.3 Å². The molecule has 2 aromatic carbocycles. The lowest BCUT2D eigenvalue weighted by Crippen LogP contribution is -2.26. The van der Waals surface area contributed by atoms with Crippen LogP contribution in [0.15, 0.2) is 54.6 Å². The fourth-order valence-corrected chi connectivity index (χ4v) is 3.17. The number of unbranched alkanes of at least 4 members (excludes halogenated alkanes) is 1. The van der Waals surface area contributed by atoms with Crippen LogP contribution in [-0.2, 0) is 6.54 Å². The molecule has 0 bridgehead atoms. The Hall–Kier alpha value is -3.15. The third-order valence-corrected chi connectivity index (χ3v) is 4.72. The minimum absolute atomic E-state index is 0.0984. The van der Waals surface area contributed by atoms with Crippen LogP contribution in [0.25, 0.3) is 0 Å². The van der Waals surface area contributed by atoms with Crippen molar-refractivity contribution in [2.24, 2.45) is 0 Å². The van der Waals surface area contributed by atoms with E-state index in [1.807, 2.05) is 48.9 Å². The minimum Gasteiger partial charge on any atom is -0.494 e. The predicted octanol–water partition coefficient (Wildman–Crippen LogP) is 4.28. The summed E-state index contributed by atoms with van der Waals surface area (Å²) in [6.45, 7) is 5.51.